The Balaban J connectivity index is 1.37. The van der Waals surface area contributed by atoms with Crippen LogP contribution in [0.5, 0.6) is 0 Å². The van der Waals surface area contributed by atoms with Gasteiger partial charge in [-0.05, 0) is 50.9 Å². The minimum atomic E-state index is 0.604. The Kier molecular flexibility index (Phi) is 5.78. The molecule has 9 rings (SSSR count). The predicted octanol–water partition coefficient (Wildman–Crippen LogP) is 10.7. The first-order valence-electron chi connectivity index (χ1n) is 15.0. The second-order valence-corrected chi connectivity index (χ2v) is 11.2. The molecular formula is C41H25N3O. The van der Waals surface area contributed by atoms with Crippen molar-refractivity contribution in [1.82, 2.24) is 15.0 Å². The number of rotatable bonds is 4. The first-order chi connectivity index (χ1) is 22.3. The van der Waals surface area contributed by atoms with E-state index in [1.54, 1.807) is 0 Å². The standard InChI is InChI=1S/C41H25N3O/c1-3-13-26(14-4-1)30-21-11-23-35-37(30)38-33(22-12-24-36(38)45-35)40-42-39(27-15-5-2-6-16-27)43-41(44-40)34-25-28-17-7-8-18-29(28)31-19-9-10-20-32(31)34/h1-25H. The van der Waals surface area contributed by atoms with Crippen molar-refractivity contribution in [3.8, 4) is 45.3 Å². The lowest BCUT2D eigenvalue weighted by Crippen LogP contribution is -2.01. The van der Waals surface area contributed by atoms with Crippen LogP contribution in [-0.4, -0.2) is 15.0 Å². The van der Waals surface area contributed by atoms with Crippen molar-refractivity contribution in [2.75, 3.05) is 0 Å². The van der Waals surface area contributed by atoms with Crippen LogP contribution < -0.4 is 0 Å². The van der Waals surface area contributed by atoms with Crippen molar-refractivity contribution in [3.63, 3.8) is 0 Å². The number of nitrogens with zero attached hydrogens (tertiary/aromatic N) is 3. The second kappa shape index (κ2) is 10.2. The Hall–Kier alpha value is -6.13. The van der Waals surface area contributed by atoms with Gasteiger partial charge in [0.25, 0.3) is 0 Å². The van der Waals surface area contributed by atoms with E-state index in [0.717, 1.165) is 60.5 Å². The van der Waals surface area contributed by atoms with Gasteiger partial charge in [-0.25, -0.2) is 15.0 Å². The van der Waals surface area contributed by atoms with Gasteiger partial charge >= 0.3 is 0 Å². The smallest absolute Gasteiger partial charge is 0.164 e. The maximum atomic E-state index is 6.44. The van der Waals surface area contributed by atoms with Crippen molar-refractivity contribution in [2.45, 2.75) is 0 Å². The summed E-state index contributed by atoms with van der Waals surface area (Å²) in [7, 11) is 0. The average Bonchev–Trinajstić information content (AvgIpc) is 3.51. The number of fused-ring (bicyclic) bond motifs is 6. The van der Waals surface area contributed by atoms with Crippen molar-refractivity contribution in [2.24, 2.45) is 0 Å². The van der Waals surface area contributed by atoms with Crippen LogP contribution in [0.2, 0.25) is 0 Å². The molecule has 0 spiro atoms. The Morgan fingerprint density at radius 1 is 0.356 bits per heavy atom. The summed E-state index contributed by atoms with van der Waals surface area (Å²) < 4.78 is 6.44. The third-order valence-corrected chi connectivity index (χ3v) is 8.52. The van der Waals surface area contributed by atoms with E-state index in [2.05, 4.69) is 91.0 Å². The van der Waals surface area contributed by atoms with Gasteiger partial charge in [0.1, 0.15) is 11.2 Å². The normalized spacial score (nSPS) is 11.6. The lowest BCUT2D eigenvalue weighted by molar-refractivity contribution is 0.669. The van der Waals surface area contributed by atoms with E-state index in [1.165, 1.54) is 10.8 Å². The molecule has 0 aliphatic rings. The highest BCUT2D eigenvalue weighted by molar-refractivity contribution is 6.17. The number of aromatic nitrogens is 3. The van der Waals surface area contributed by atoms with Crippen molar-refractivity contribution >= 4 is 43.5 Å². The van der Waals surface area contributed by atoms with E-state index in [-0.39, 0.29) is 0 Å². The highest BCUT2D eigenvalue weighted by Gasteiger charge is 2.21. The third kappa shape index (κ3) is 4.19. The van der Waals surface area contributed by atoms with Crippen molar-refractivity contribution in [3.05, 3.63) is 152 Å². The largest absolute Gasteiger partial charge is 0.456 e. The van der Waals surface area contributed by atoms with E-state index in [1.807, 2.05) is 60.7 Å². The Bertz CT molecular complexity index is 2540. The van der Waals surface area contributed by atoms with E-state index >= 15 is 0 Å². The molecule has 7 aromatic carbocycles. The Morgan fingerprint density at radius 3 is 1.62 bits per heavy atom. The van der Waals surface area contributed by atoms with Crippen LogP contribution in [0.25, 0.3) is 88.8 Å². The quantitative estimate of drug-likeness (QED) is 0.196. The van der Waals surface area contributed by atoms with Gasteiger partial charge in [-0.15, -0.1) is 0 Å². The van der Waals surface area contributed by atoms with Crippen LogP contribution in [0.1, 0.15) is 0 Å². The molecule has 0 aliphatic carbocycles. The molecule has 9 aromatic rings. The van der Waals surface area contributed by atoms with Gasteiger partial charge in [0, 0.05) is 27.5 Å². The highest BCUT2D eigenvalue weighted by Crippen LogP contribution is 2.42. The van der Waals surface area contributed by atoms with Gasteiger partial charge in [-0.2, -0.15) is 0 Å². The van der Waals surface area contributed by atoms with Gasteiger partial charge in [0.15, 0.2) is 17.5 Å². The molecule has 4 nitrogen and oxygen atoms in total. The van der Waals surface area contributed by atoms with Crippen LogP contribution in [0.15, 0.2) is 156 Å². The minimum Gasteiger partial charge on any atom is -0.456 e. The molecule has 0 N–H and O–H groups in total. The summed E-state index contributed by atoms with van der Waals surface area (Å²) in [5.74, 6) is 1.86. The van der Waals surface area contributed by atoms with Crippen LogP contribution in [-0.2, 0) is 0 Å². The maximum absolute atomic E-state index is 6.44. The van der Waals surface area contributed by atoms with Crippen LogP contribution in [0.3, 0.4) is 0 Å². The topological polar surface area (TPSA) is 51.8 Å². The Morgan fingerprint density at radius 2 is 0.889 bits per heavy atom. The molecule has 0 saturated heterocycles. The van der Waals surface area contributed by atoms with Gasteiger partial charge in [-0.3, -0.25) is 0 Å². The first-order valence-corrected chi connectivity index (χ1v) is 15.0. The average molecular weight is 576 g/mol. The molecular weight excluding hydrogens is 550 g/mol. The molecule has 0 fully saturated rings. The summed E-state index contributed by atoms with van der Waals surface area (Å²) in [5.41, 5.74) is 6.67. The first kappa shape index (κ1) is 25.4. The zero-order valence-electron chi connectivity index (χ0n) is 24.2. The molecule has 210 valence electrons. The second-order valence-electron chi connectivity index (χ2n) is 11.2. The van der Waals surface area contributed by atoms with E-state index in [0.29, 0.717) is 17.5 Å². The molecule has 0 aliphatic heterocycles. The van der Waals surface area contributed by atoms with Crippen LogP contribution in [0, 0.1) is 0 Å². The lowest BCUT2D eigenvalue weighted by atomic mass is 9.96. The number of furan rings is 1. The van der Waals surface area contributed by atoms with Gasteiger partial charge in [0.05, 0.1) is 0 Å². The molecule has 0 unspecified atom stereocenters. The van der Waals surface area contributed by atoms with E-state index in [9.17, 15) is 0 Å². The number of benzene rings is 7. The SMILES string of the molecule is c1ccc(-c2nc(-c3cc4ccccc4c4ccccc34)nc(-c3cccc4oc5cccc(-c6ccccc6)c5c34)n2)cc1. The molecule has 0 amide bonds. The minimum absolute atomic E-state index is 0.604. The van der Waals surface area contributed by atoms with Crippen LogP contribution >= 0.6 is 0 Å². The van der Waals surface area contributed by atoms with Crippen molar-refractivity contribution in [1.29, 1.82) is 0 Å². The summed E-state index contributed by atoms with van der Waals surface area (Å²) in [6.45, 7) is 0. The zero-order valence-corrected chi connectivity index (χ0v) is 24.2. The monoisotopic (exact) mass is 575 g/mol. The molecule has 0 radical (unpaired) electrons. The summed E-state index contributed by atoms with van der Waals surface area (Å²) in [6.07, 6.45) is 0. The number of hydrogen-bond acceptors (Lipinski definition) is 4. The zero-order chi connectivity index (χ0) is 29.7. The molecule has 45 heavy (non-hydrogen) atoms. The summed E-state index contributed by atoms with van der Waals surface area (Å²) in [5, 5.41) is 6.66. The lowest BCUT2D eigenvalue weighted by Gasteiger charge is -2.13. The van der Waals surface area contributed by atoms with E-state index in [4.69, 9.17) is 19.4 Å². The number of hydrogen-bond donors (Lipinski definition) is 0. The fourth-order valence-corrected chi connectivity index (χ4v) is 6.48. The van der Waals surface area contributed by atoms with Crippen LogP contribution in [0.4, 0.5) is 0 Å². The fourth-order valence-electron chi connectivity index (χ4n) is 6.48. The van der Waals surface area contributed by atoms with Gasteiger partial charge < -0.3 is 4.42 Å². The Labute approximate surface area is 259 Å². The molecule has 0 atom stereocenters. The molecule has 0 bridgehead atoms. The van der Waals surface area contributed by atoms with Crippen molar-refractivity contribution < 1.29 is 4.42 Å². The molecule has 2 heterocycles. The molecule has 0 saturated carbocycles. The third-order valence-electron chi connectivity index (χ3n) is 8.52. The molecule has 2 aromatic heterocycles. The predicted molar refractivity (Wildman–Crippen MR) is 184 cm³/mol. The summed E-state index contributed by atoms with van der Waals surface area (Å²) in [6, 6.07) is 52.1. The van der Waals surface area contributed by atoms with E-state index < -0.39 is 0 Å². The van der Waals surface area contributed by atoms with Gasteiger partial charge in [-0.1, -0.05) is 133 Å². The summed E-state index contributed by atoms with van der Waals surface area (Å²) in [4.78, 5) is 15.5. The molecule has 4 heteroatoms. The highest BCUT2D eigenvalue weighted by atomic mass is 16.3. The van der Waals surface area contributed by atoms with Gasteiger partial charge in [0.2, 0.25) is 0 Å². The maximum Gasteiger partial charge on any atom is 0.164 e. The fraction of sp³-hybridized carbons (Fsp3) is 0. The summed E-state index contributed by atoms with van der Waals surface area (Å²) >= 11 is 0.